The van der Waals surface area contributed by atoms with Gasteiger partial charge in [-0.25, -0.2) is 9.97 Å². The third-order valence-electron chi connectivity index (χ3n) is 5.37. The minimum atomic E-state index is 0.357. The molecule has 0 unspecified atom stereocenters. The lowest BCUT2D eigenvalue weighted by Crippen LogP contribution is -2.28. The summed E-state index contributed by atoms with van der Waals surface area (Å²) >= 11 is 0. The van der Waals surface area contributed by atoms with E-state index >= 15 is 0 Å². The highest BCUT2D eigenvalue weighted by Crippen LogP contribution is 2.21. The number of nitrogens with one attached hydrogen (secondary N) is 1. The number of nitrogens with zero attached hydrogens (tertiary/aromatic N) is 6. The van der Waals surface area contributed by atoms with Crippen molar-refractivity contribution in [2.45, 2.75) is 31.7 Å². The largest absolute Gasteiger partial charge is 0.381 e. The molecule has 0 atom stereocenters. The smallest absolute Gasteiger partial charge is 0.223 e. The molecule has 152 valence electrons. The zero-order valence-corrected chi connectivity index (χ0v) is 16.6. The summed E-state index contributed by atoms with van der Waals surface area (Å²) < 4.78 is 7.45. The molecule has 0 radical (unpaired) electrons. The van der Waals surface area contributed by atoms with Crippen LogP contribution in [-0.2, 0) is 17.6 Å². The molecular weight excluding hydrogens is 378 g/mol. The minimum Gasteiger partial charge on any atom is -0.381 e. The van der Waals surface area contributed by atoms with Crippen molar-refractivity contribution in [2.24, 2.45) is 0 Å². The monoisotopic (exact) mass is 401 g/mol. The Bertz CT molecular complexity index is 1120. The lowest BCUT2D eigenvalue weighted by Gasteiger charge is -2.23. The first kappa shape index (κ1) is 18.6. The van der Waals surface area contributed by atoms with Crippen molar-refractivity contribution in [3.05, 3.63) is 66.5 Å². The maximum Gasteiger partial charge on any atom is 0.223 e. The quantitative estimate of drug-likeness (QED) is 0.531. The summed E-state index contributed by atoms with van der Waals surface area (Å²) in [7, 11) is 0. The first-order valence-electron chi connectivity index (χ1n) is 10.3. The van der Waals surface area contributed by atoms with E-state index in [4.69, 9.17) is 9.72 Å². The van der Waals surface area contributed by atoms with E-state index in [1.165, 1.54) is 5.56 Å². The summed E-state index contributed by atoms with van der Waals surface area (Å²) in [5.74, 6) is 1.59. The number of aryl methyl sites for hydroxylation is 2. The Morgan fingerprint density at radius 1 is 1.00 bits per heavy atom. The molecule has 4 aromatic heterocycles. The van der Waals surface area contributed by atoms with E-state index in [1.54, 1.807) is 6.20 Å². The first-order valence-corrected chi connectivity index (χ1v) is 10.3. The molecular formula is C22H23N7O. The van der Waals surface area contributed by atoms with Crippen molar-refractivity contribution in [2.75, 3.05) is 18.5 Å². The van der Waals surface area contributed by atoms with Crippen molar-refractivity contribution in [1.29, 1.82) is 0 Å². The van der Waals surface area contributed by atoms with Gasteiger partial charge in [-0.3, -0.25) is 9.38 Å². The summed E-state index contributed by atoms with van der Waals surface area (Å²) in [5.41, 5.74) is 3.91. The van der Waals surface area contributed by atoms with Gasteiger partial charge in [0.25, 0.3) is 0 Å². The number of rotatable bonds is 6. The van der Waals surface area contributed by atoms with Crippen LogP contribution in [0.2, 0.25) is 0 Å². The Balaban J connectivity index is 1.33. The average Bonchev–Trinajstić information content (AvgIpc) is 3.21. The summed E-state index contributed by atoms with van der Waals surface area (Å²) in [6.45, 7) is 1.56. The number of anilines is 1. The van der Waals surface area contributed by atoms with E-state index in [0.29, 0.717) is 12.0 Å². The van der Waals surface area contributed by atoms with Crippen LogP contribution in [0.1, 0.15) is 24.2 Å². The number of fused-ring (bicyclic) bond motifs is 1. The predicted molar refractivity (Wildman–Crippen MR) is 113 cm³/mol. The van der Waals surface area contributed by atoms with Crippen molar-refractivity contribution in [1.82, 2.24) is 29.5 Å². The van der Waals surface area contributed by atoms with Crippen LogP contribution in [0, 0.1) is 0 Å². The second-order valence-electron chi connectivity index (χ2n) is 7.41. The molecule has 1 aliphatic rings. The molecule has 0 aromatic carbocycles. The molecule has 5 rings (SSSR count). The van der Waals surface area contributed by atoms with Gasteiger partial charge in [-0.1, -0.05) is 0 Å². The van der Waals surface area contributed by atoms with Crippen molar-refractivity contribution >= 4 is 11.6 Å². The summed E-state index contributed by atoms with van der Waals surface area (Å²) in [4.78, 5) is 13.1. The van der Waals surface area contributed by atoms with Crippen molar-refractivity contribution in [3.63, 3.8) is 0 Å². The molecule has 1 aliphatic heterocycles. The molecule has 1 fully saturated rings. The van der Waals surface area contributed by atoms with Gasteiger partial charge < -0.3 is 10.1 Å². The van der Waals surface area contributed by atoms with Crippen molar-refractivity contribution in [3.8, 4) is 11.3 Å². The number of ether oxygens (including phenoxy) is 1. The molecule has 0 spiro atoms. The van der Waals surface area contributed by atoms with E-state index in [9.17, 15) is 0 Å². The van der Waals surface area contributed by atoms with Gasteiger partial charge in [-0.15, -0.1) is 10.2 Å². The van der Waals surface area contributed by atoms with E-state index in [2.05, 4.69) is 25.5 Å². The minimum absolute atomic E-state index is 0.357. The number of pyridine rings is 2. The second-order valence-corrected chi connectivity index (χ2v) is 7.41. The zero-order valence-electron chi connectivity index (χ0n) is 16.6. The Kier molecular flexibility index (Phi) is 5.30. The number of hydrogen-bond acceptors (Lipinski definition) is 7. The van der Waals surface area contributed by atoms with Crippen LogP contribution in [0.25, 0.3) is 16.9 Å². The van der Waals surface area contributed by atoms with Gasteiger partial charge in [0, 0.05) is 56.0 Å². The fourth-order valence-corrected chi connectivity index (χ4v) is 3.69. The maximum absolute atomic E-state index is 5.42. The predicted octanol–water partition coefficient (Wildman–Crippen LogP) is 2.96. The van der Waals surface area contributed by atoms with E-state index in [0.717, 1.165) is 61.6 Å². The van der Waals surface area contributed by atoms with Crippen LogP contribution < -0.4 is 5.32 Å². The highest BCUT2D eigenvalue weighted by Gasteiger charge is 2.15. The molecule has 0 amide bonds. The Hall–Kier alpha value is -3.39. The van der Waals surface area contributed by atoms with Crippen LogP contribution in [0.3, 0.4) is 0 Å². The fourth-order valence-electron chi connectivity index (χ4n) is 3.69. The van der Waals surface area contributed by atoms with Gasteiger partial charge >= 0.3 is 0 Å². The van der Waals surface area contributed by atoms with Gasteiger partial charge in [0.1, 0.15) is 5.82 Å². The van der Waals surface area contributed by atoms with Gasteiger partial charge in [-0.2, -0.15) is 0 Å². The molecule has 1 saturated heterocycles. The number of hydrogen-bond donors (Lipinski definition) is 1. The standard InChI is InChI=1S/C22H23N7O/c1(16-3-9-23-10-4-16)2-20-27-28-21-15-17(6-12-29(20)21)19-5-11-24-22(26-19)25-18-7-13-30-14-8-18/h3-6,9-12,15,18H,1-2,7-8,13-14H2,(H,24,25,26). The Labute approximate surface area is 174 Å². The topological polar surface area (TPSA) is 90.1 Å². The molecule has 8 heteroatoms. The molecule has 0 bridgehead atoms. The SMILES string of the molecule is c1cc(CCc2nnc3cc(-c4ccnc(NC5CCOCC5)n4)ccn23)ccn1. The zero-order chi connectivity index (χ0) is 20.2. The van der Waals surface area contributed by atoms with Crippen LogP contribution in [-0.4, -0.2) is 48.8 Å². The van der Waals surface area contributed by atoms with E-state index < -0.39 is 0 Å². The average molecular weight is 401 g/mol. The lowest BCUT2D eigenvalue weighted by molar-refractivity contribution is 0.0903. The molecule has 1 N–H and O–H groups in total. The van der Waals surface area contributed by atoms with Gasteiger partial charge in [-0.05, 0) is 55.2 Å². The molecule has 5 heterocycles. The van der Waals surface area contributed by atoms with Crippen LogP contribution in [0.5, 0.6) is 0 Å². The van der Waals surface area contributed by atoms with Crippen molar-refractivity contribution < 1.29 is 4.74 Å². The van der Waals surface area contributed by atoms with Gasteiger partial charge in [0.05, 0.1) is 5.69 Å². The van der Waals surface area contributed by atoms with Gasteiger partial charge in [0.2, 0.25) is 5.95 Å². The molecule has 4 aromatic rings. The Morgan fingerprint density at radius 3 is 2.73 bits per heavy atom. The molecule has 0 saturated carbocycles. The molecule has 0 aliphatic carbocycles. The third kappa shape index (κ3) is 4.13. The maximum atomic E-state index is 5.42. The van der Waals surface area contributed by atoms with E-state index in [-0.39, 0.29) is 0 Å². The third-order valence-corrected chi connectivity index (χ3v) is 5.37. The van der Waals surface area contributed by atoms with Crippen LogP contribution in [0.4, 0.5) is 5.95 Å². The fraction of sp³-hybridized carbons (Fsp3) is 0.318. The Morgan fingerprint density at radius 2 is 1.87 bits per heavy atom. The van der Waals surface area contributed by atoms with Crippen LogP contribution >= 0.6 is 0 Å². The van der Waals surface area contributed by atoms with E-state index in [1.807, 2.05) is 53.3 Å². The summed E-state index contributed by atoms with van der Waals surface area (Å²) in [5, 5.41) is 12.2. The summed E-state index contributed by atoms with van der Waals surface area (Å²) in [6.07, 6.45) is 11.1. The lowest BCUT2D eigenvalue weighted by atomic mass is 10.1. The normalized spacial score (nSPS) is 14.8. The molecule has 8 nitrogen and oxygen atoms in total. The highest BCUT2D eigenvalue weighted by molar-refractivity contribution is 5.64. The van der Waals surface area contributed by atoms with Gasteiger partial charge in [0.15, 0.2) is 5.65 Å². The first-order chi connectivity index (χ1) is 14.8. The second kappa shape index (κ2) is 8.54. The highest BCUT2D eigenvalue weighted by atomic mass is 16.5. The van der Waals surface area contributed by atoms with Crippen LogP contribution in [0.15, 0.2) is 55.1 Å². The molecule has 30 heavy (non-hydrogen) atoms. The number of aromatic nitrogens is 6. The summed E-state index contributed by atoms with van der Waals surface area (Å²) in [6, 6.07) is 10.4.